The van der Waals surface area contributed by atoms with Crippen molar-refractivity contribution in [2.75, 3.05) is 13.7 Å². The highest BCUT2D eigenvalue weighted by atomic mass is 35.5. The molecule has 0 atom stereocenters. The van der Waals surface area contributed by atoms with Gasteiger partial charge in [-0.3, -0.25) is 0 Å². The van der Waals surface area contributed by atoms with E-state index in [0.717, 1.165) is 22.6 Å². The molecule has 0 spiro atoms. The molecule has 0 aromatic heterocycles. The number of rotatable bonds is 4. The third kappa shape index (κ3) is 4.42. The van der Waals surface area contributed by atoms with Crippen molar-refractivity contribution in [3.8, 4) is 23.3 Å². The highest BCUT2D eigenvalue weighted by Gasteiger charge is 2.05. The summed E-state index contributed by atoms with van der Waals surface area (Å²) in [6.07, 6.45) is 0. The van der Waals surface area contributed by atoms with Gasteiger partial charge < -0.3 is 14.6 Å². The molecular weight excluding hydrogens is 288 g/mol. The van der Waals surface area contributed by atoms with Crippen molar-refractivity contribution in [2.24, 2.45) is 0 Å². The van der Waals surface area contributed by atoms with Crippen LogP contribution in [0.3, 0.4) is 0 Å². The maximum absolute atomic E-state index is 8.64. The standard InChI is InChI=1S/C17H15ClO3/c1-20-17-9-6-15(18)11-14(17)12-21-16-7-4-13(5-8-16)3-2-10-19/h4-9,11,19H,10,12H2,1H3. The summed E-state index contributed by atoms with van der Waals surface area (Å²) in [4.78, 5) is 0. The number of aliphatic hydroxyl groups excluding tert-OH is 1. The molecule has 3 nitrogen and oxygen atoms in total. The van der Waals surface area contributed by atoms with Crippen LogP contribution in [0.25, 0.3) is 0 Å². The predicted molar refractivity (Wildman–Crippen MR) is 82.7 cm³/mol. The maximum Gasteiger partial charge on any atom is 0.125 e. The smallest absolute Gasteiger partial charge is 0.125 e. The summed E-state index contributed by atoms with van der Waals surface area (Å²) in [5.74, 6) is 6.89. The topological polar surface area (TPSA) is 38.7 Å². The van der Waals surface area contributed by atoms with Gasteiger partial charge in [0.15, 0.2) is 0 Å². The molecule has 0 fully saturated rings. The molecule has 0 radical (unpaired) electrons. The van der Waals surface area contributed by atoms with Gasteiger partial charge in [-0.2, -0.15) is 0 Å². The summed E-state index contributed by atoms with van der Waals surface area (Å²) >= 11 is 5.98. The molecule has 0 aliphatic rings. The third-order valence-electron chi connectivity index (χ3n) is 2.80. The first-order valence-electron chi connectivity index (χ1n) is 6.38. The second kappa shape index (κ2) is 7.58. The Morgan fingerprint density at radius 2 is 1.90 bits per heavy atom. The van der Waals surface area contributed by atoms with Gasteiger partial charge in [0, 0.05) is 16.1 Å². The van der Waals surface area contributed by atoms with Crippen molar-refractivity contribution in [1.29, 1.82) is 0 Å². The second-order valence-corrected chi connectivity index (χ2v) is 4.67. The molecule has 0 saturated heterocycles. The Kier molecular flexibility index (Phi) is 5.51. The first-order valence-corrected chi connectivity index (χ1v) is 6.75. The minimum Gasteiger partial charge on any atom is -0.496 e. The van der Waals surface area contributed by atoms with Crippen LogP contribution < -0.4 is 9.47 Å². The van der Waals surface area contributed by atoms with Crippen LogP contribution >= 0.6 is 11.6 Å². The lowest BCUT2D eigenvalue weighted by Gasteiger charge is -2.10. The summed E-state index contributed by atoms with van der Waals surface area (Å²) < 4.78 is 11.0. The fourth-order valence-corrected chi connectivity index (χ4v) is 1.99. The maximum atomic E-state index is 8.64. The number of hydrogen-bond acceptors (Lipinski definition) is 3. The van der Waals surface area contributed by atoms with Gasteiger partial charge in [-0.1, -0.05) is 23.4 Å². The first-order chi connectivity index (χ1) is 10.2. The molecule has 0 unspecified atom stereocenters. The van der Waals surface area contributed by atoms with Crippen LogP contribution in [-0.4, -0.2) is 18.8 Å². The van der Waals surface area contributed by atoms with Crippen molar-refractivity contribution in [1.82, 2.24) is 0 Å². The van der Waals surface area contributed by atoms with Gasteiger partial charge in [-0.05, 0) is 42.5 Å². The molecule has 0 aliphatic carbocycles. The van der Waals surface area contributed by atoms with Crippen LogP contribution in [-0.2, 0) is 6.61 Å². The van der Waals surface area contributed by atoms with Crippen LogP contribution in [0.2, 0.25) is 5.02 Å². The molecule has 0 heterocycles. The lowest BCUT2D eigenvalue weighted by molar-refractivity contribution is 0.296. The Morgan fingerprint density at radius 1 is 1.14 bits per heavy atom. The Morgan fingerprint density at radius 3 is 2.57 bits per heavy atom. The molecule has 0 bridgehead atoms. The summed E-state index contributed by atoms with van der Waals surface area (Å²) in [5.41, 5.74) is 1.71. The largest absolute Gasteiger partial charge is 0.496 e. The zero-order chi connectivity index (χ0) is 15.1. The van der Waals surface area contributed by atoms with Gasteiger partial charge in [0.05, 0.1) is 7.11 Å². The molecule has 0 saturated carbocycles. The molecule has 4 heteroatoms. The minimum atomic E-state index is -0.146. The zero-order valence-corrected chi connectivity index (χ0v) is 12.4. The average molecular weight is 303 g/mol. The summed E-state index contributed by atoms with van der Waals surface area (Å²) in [6, 6.07) is 12.8. The van der Waals surface area contributed by atoms with Crippen LogP contribution in [0, 0.1) is 11.8 Å². The SMILES string of the molecule is COc1ccc(Cl)cc1COc1ccc(C#CCO)cc1. The summed E-state index contributed by atoms with van der Waals surface area (Å²) in [7, 11) is 1.61. The Bertz CT molecular complexity index is 654. The molecule has 108 valence electrons. The van der Waals surface area contributed by atoms with Crippen LogP contribution in [0.1, 0.15) is 11.1 Å². The quantitative estimate of drug-likeness (QED) is 0.881. The summed E-state index contributed by atoms with van der Waals surface area (Å²) in [5, 5.41) is 9.29. The lowest BCUT2D eigenvalue weighted by Crippen LogP contribution is -1.98. The van der Waals surface area contributed by atoms with Crippen molar-refractivity contribution >= 4 is 11.6 Å². The normalized spacial score (nSPS) is 9.67. The van der Waals surface area contributed by atoms with Crippen molar-refractivity contribution in [3.63, 3.8) is 0 Å². The second-order valence-electron chi connectivity index (χ2n) is 4.23. The Balaban J connectivity index is 2.04. The minimum absolute atomic E-state index is 0.146. The van der Waals surface area contributed by atoms with E-state index in [2.05, 4.69) is 11.8 Å². The fraction of sp³-hybridized carbons (Fsp3) is 0.176. The Hall–Kier alpha value is -2.15. The van der Waals surface area contributed by atoms with E-state index in [-0.39, 0.29) is 6.61 Å². The number of halogens is 1. The van der Waals surface area contributed by atoms with Crippen LogP contribution in [0.5, 0.6) is 11.5 Å². The van der Waals surface area contributed by atoms with E-state index < -0.39 is 0 Å². The molecule has 2 aromatic carbocycles. The highest BCUT2D eigenvalue weighted by Crippen LogP contribution is 2.24. The number of benzene rings is 2. The monoisotopic (exact) mass is 302 g/mol. The van der Waals surface area contributed by atoms with Crippen LogP contribution in [0.4, 0.5) is 0 Å². The number of hydrogen-bond donors (Lipinski definition) is 1. The van der Waals surface area contributed by atoms with Gasteiger partial charge in [-0.15, -0.1) is 0 Å². The van der Waals surface area contributed by atoms with Gasteiger partial charge in [0.2, 0.25) is 0 Å². The van der Waals surface area contributed by atoms with Crippen molar-refractivity contribution < 1.29 is 14.6 Å². The third-order valence-corrected chi connectivity index (χ3v) is 3.04. The predicted octanol–water partition coefficient (Wildman–Crippen LogP) is 3.27. The van der Waals surface area contributed by atoms with E-state index in [4.69, 9.17) is 26.2 Å². The number of ether oxygens (including phenoxy) is 2. The van der Waals surface area contributed by atoms with E-state index in [1.807, 2.05) is 36.4 Å². The van der Waals surface area contributed by atoms with E-state index in [1.54, 1.807) is 13.2 Å². The van der Waals surface area contributed by atoms with Crippen molar-refractivity contribution in [3.05, 3.63) is 58.6 Å². The van der Waals surface area contributed by atoms with Gasteiger partial charge in [0.25, 0.3) is 0 Å². The molecule has 0 amide bonds. The molecule has 1 N–H and O–H groups in total. The molecule has 21 heavy (non-hydrogen) atoms. The number of methoxy groups -OCH3 is 1. The number of aliphatic hydroxyl groups is 1. The van der Waals surface area contributed by atoms with E-state index in [0.29, 0.717) is 11.6 Å². The molecule has 2 aromatic rings. The molecule has 2 rings (SSSR count). The van der Waals surface area contributed by atoms with E-state index in [1.165, 1.54) is 0 Å². The van der Waals surface area contributed by atoms with Gasteiger partial charge in [0.1, 0.15) is 24.7 Å². The average Bonchev–Trinajstić information content (AvgIpc) is 2.52. The molecule has 0 aliphatic heterocycles. The summed E-state index contributed by atoms with van der Waals surface area (Å²) in [6.45, 7) is 0.220. The van der Waals surface area contributed by atoms with E-state index in [9.17, 15) is 0 Å². The van der Waals surface area contributed by atoms with Gasteiger partial charge in [-0.25, -0.2) is 0 Å². The van der Waals surface area contributed by atoms with Gasteiger partial charge >= 0.3 is 0 Å². The Labute approximate surface area is 129 Å². The highest BCUT2D eigenvalue weighted by molar-refractivity contribution is 6.30. The van der Waals surface area contributed by atoms with Crippen molar-refractivity contribution in [2.45, 2.75) is 6.61 Å². The fourth-order valence-electron chi connectivity index (χ4n) is 1.80. The first kappa shape index (κ1) is 15.2. The van der Waals surface area contributed by atoms with Crippen LogP contribution in [0.15, 0.2) is 42.5 Å². The molecular formula is C17H15ClO3. The lowest BCUT2D eigenvalue weighted by atomic mass is 10.2. The van der Waals surface area contributed by atoms with E-state index >= 15 is 0 Å². The zero-order valence-electron chi connectivity index (χ0n) is 11.6.